The molecule has 3 rings (SSSR count). The third-order valence-electron chi connectivity index (χ3n) is 5.84. The fraction of sp³-hybridized carbons (Fsp3) is 0.480. The Kier molecular flexibility index (Phi) is 8.14. The fourth-order valence-corrected chi connectivity index (χ4v) is 4.48. The fourth-order valence-electron chi connectivity index (χ4n) is 4.13. The lowest BCUT2D eigenvalue weighted by Gasteiger charge is -2.26. The van der Waals surface area contributed by atoms with Crippen molar-refractivity contribution in [3.8, 4) is 11.1 Å². The topological polar surface area (TPSA) is 27.6 Å². The Hall–Kier alpha value is -1.84. The van der Waals surface area contributed by atoms with Crippen LogP contribution in [-0.4, -0.2) is 37.4 Å². The van der Waals surface area contributed by atoms with Gasteiger partial charge in [-0.25, -0.2) is 0 Å². The summed E-state index contributed by atoms with van der Waals surface area (Å²) in [5, 5.41) is 4.09. The lowest BCUT2D eigenvalue weighted by molar-refractivity contribution is 0.226. The lowest BCUT2D eigenvalue weighted by atomic mass is 9.95. The van der Waals surface area contributed by atoms with Crippen LogP contribution >= 0.6 is 11.6 Å². The van der Waals surface area contributed by atoms with Crippen molar-refractivity contribution in [3.05, 3.63) is 52.5 Å². The van der Waals surface area contributed by atoms with E-state index in [2.05, 4.69) is 52.5 Å². The van der Waals surface area contributed by atoms with Crippen LogP contribution in [-0.2, 0) is 12.8 Å². The van der Waals surface area contributed by atoms with Crippen molar-refractivity contribution in [2.24, 2.45) is 4.99 Å². The molecular weight excluding hydrogens is 378 g/mol. The molecular formula is C25H34ClN3. The van der Waals surface area contributed by atoms with E-state index in [4.69, 9.17) is 11.6 Å². The third-order valence-corrected chi connectivity index (χ3v) is 6.14. The van der Waals surface area contributed by atoms with Gasteiger partial charge in [-0.3, -0.25) is 4.99 Å². The Bertz CT molecular complexity index is 821. The van der Waals surface area contributed by atoms with Crippen molar-refractivity contribution in [2.75, 3.05) is 32.0 Å². The molecule has 0 saturated carbocycles. The third kappa shape index (κ3) is 6.07. The van der Waals surface area contributed by atoms with E-state index >= 15 is 0 Å². The van der Waals surface area contributed by atoms with E-state index in [1.54, 1.807) is 7.05 Å². The Morgan fingerprint density at radius 1 is 1.10 bits per heavy atom. The highest BCUT2D eigenvalue weighted by Gasteiger charge is 2.12. The number of rotatable bonds is 7. The first-order valence-corrected chi connectivity index (χ1v) is 11.3. The van der Waals surface area contributed by atoms with Gasteiger partial charge in [-0.2, -0.15) is 0 Å². The molecule has 0 aliphatic carbocycles. The monoisotopic (exact) mass is 411 g/mol. The first kappa shape index (κ1) is 21.9. The molecule has 4 heteroatoms. The molecule has 1 aliphatic heterocycles. The number of anilines is 1. The highest BCUT2D eigenvalue weighted by atomic mass is 35.5. The van der Waals surface area contributed by atoms with E-state index in [-0.39, 0.29) is 0 Å². The van der Waals surface area contributed by atoms with E-state index in [1.165, 1.54) is 62.0 Å². The minimum Gasteiger partial charge on any atom is -0.344 e. The SMILES string of the molecule is CCc1cc(NC(C)=NC)cc(Cl)c1-c1ccc(CCCN2CCCCC2)cc1. The summed E-state index contributed by atoms with van der Waals surface area (Å²) in [5.74, 6) is 0.879. The average Bonchev–Trinajstić information content (AvgIpc) is 2.74. The van der Waals surface area contributed by atoms with Gasteiger partial charge in [0.2, 0.25) is 0 Å². The van der Waals surface area contributed by atoms with Crippen LogP contribution < -0.4 is 5.32 Å². The van der Waals surface area contributed by atoms with Crippen molar-refractivity contribution >= 4 is 23.1 Å². The molecule has 0 spiro atoms. The van der Waals surface area contributed by atoms with Crippen molar-refractivity contribution in [1.82, 2.24) is 4.90 Å². The van der Waals surface area contributed by atoms with Crippen molar-refractivity contribution in [3.63, 3.8) is 0 Å². The summed E-state index contributed by atoms with van der Waals surface area (Å²) in [7, 11) is 1.78. The van der Waals surface area contributed by atoms with Gasteiger partial charge in [-0.1, -0.05) is 49.2 Å². The predicted octanol–water partition coefficient (Wildman–Crippen LogP) is 6.45. The maximum atomic E-state index is 6.70. The van der Waals surface area contributed by atoms with Gasteiger partial charge in [0.15, 0.2) is 0 Å². The second kappa shape index (κ2) is 10.8. The van der Waals surface area contributed by atoms with E-state index in [1.807, 2.05) is 13.0 Å². The van der Waals surface area contributed by atoms with E-state index < -0.39 is 0 Å². The molecule has 2 aromatic carbocycles. The zero-order valence-electron chi connectivity index (χ0n) is 18.1. The highest BCUT2D eigenvalue weighted by Crippen LogP contribution is 2.35. The highest BCUT2D eigenvalue weighted by molar-refractivity contribution is 6.34. The first-order chi connectivity index (χ1) is 14.1. The molecule has 29 heavy (non-hydrogen) atoms. The number of likely N-dealkylation sites (tertiary alicyclic amines) is 1. The summed E-state index contributed by atoms with van der Waals surface area (Å²) in [5.41, 5.74) is 5.99. The zero-order chi connectivity index (χ0) is 20.6. The Balaban J connectivity index is 1.68. The normalized spacial score (nSPS) is 15.5. The van der Waals surface area contributed by atoms with Gasteiger partial charge < -0.3 is 10.2 Å². The Labute approximate surface area is 181 Å². The average molecular weight is 412 g/mol. The molecule has 0 unspecified atom stereocenters. The minimum absolute atomic E-state index is 0.786. The summed E-state index contributed by atoms with van der Waals surface area (Å²) in [6.07, 6.45) is 7.46. The molecule has 1 heterocycles. The number of amidine groups is 1. The largest absolute Gasteiger partial charge is 0.344 e. The second-order valence-electron chi connectivity index (χ2n) is 7.98. The van der Waals surface area contributed by atoms with Crippen LogP contribution in [0.25, 0.3) is 11.1 Å². The van der Waals surface area contributed by atoms with Gasteiger partial charge in [0, 0.05) is 18.3 Å². The maximum absolute atomic E-state index is 6.70. The van der Waals surface area contributed by atoms with Crippen LogP contribution in [0.1, 0.15) is 50.7 Å². The smallest absolute Gasteiger partial charge is 0.0972 e. The van der Waals surface area contributed by atoms with Crippen molar-refractivity contribution < 1.29 is 0 Å². The second-order valence-corrected chi connectivity index (χ2v) is 8.39. The first-order valence-electron chi connectivity index (χ1n) is 10.9. The molecule has 156 valence electrons. The number of halogens is 1. The number of piperidine rings is 1. The lowest BCUT2D eigenvalue weighted by Crippen LogP contribution is -2.30. The molecule has 0 atom stereocenters. The zero-order valence-corrected chi connectivity index (χ0v) is 18.9. The number of aliphatic imine (C=N–C) groups is 1. The summed E-state index contributed by atoms with van der Waals surface area (Å²) in [6, 6.07) is 13.2. The molecule has 0 bridgehead atoms. The van der Waals surface area contributed by atoms with Crippen LogP contribution in [0.4, 0.5) is 5.69 Å². The summed E-state index contributed by atoms with van der Waals surface area (Å²) in [6.45, 7) is 7.92. The van der Waals surface area contributed by atoms with Gasteiger partial charge in [-0.15, -0.1) is 0 Å². The van der Waals surface area contributed by atoms with Crippen molar-refractivity contribution in [2.45, 2.75) is 52.4 Å². The number of nitrogens with one attached hydrogen (secondary N) is 1. The molecule has 1 fully saturated rings. The standard InChI is InChI=1S/C25H34ClN3/c1-4-21-17-23(28-19(2)27-3)18-24(26)25(21)22-12-10-20(11-13-22)9-8-16-29-14-6-5-7-15-29/h10-13,17-18H,4-9,14-16H2,1-3H3,(H,27,28). The predicted molar refractivity (Wildman–Crippen MR) is 128 cm³/mol. The van der Waals surface area contributed by atoms with Gasteiger partial charge >= 0.3 is 0 Å². The molecule has 2 aromatic rings. The van der Waals surface area contributed by atoms with Crippen LogP contribution in [0.3, 0.4) is 0 Å². The quantitative estimate of drug-likeness (QED) is 0.418. The number of hydrogen-bond acceptors (Lipinski definition) is 2. The summed E-state index contributed by atoms with van der Waals surface area (Å²) < 4.78 is 0. The number of aryl methyl sites for hydroxylation is 2. The van der Waals surface area contributed by atoms with E-state index in [0.29, 0.717) is 0 Å². The maximum Gasteiger partial charge on any atom is 0.0972 e. The molecule has 0 aromatic heterocycles. The van der Waals surface area contributed by atoms with Crippen LogP contribution in [0.5, 0.6) is 0 Å². The van der Waals surface area contributed by atoms with Gasteiger partial charge in [0.1, 0.15) is 0 Å². The number of benzene rings is 2. The molecule has 3 nitrogen and oxygen atoms in total. The molecule has 0 amide bonds. The Morgan fingerprint density at radius 3 is 2.48 bits per heavy atom. The van der Waals surface area contributed by atoms with Gasteiger partial charge in [0.05, 0.1) is 10.9 Å². The van der Waals surface area contributed by atoms with Crippen LogP contribution in [0.15, 0.2) is 41.4 Å². The molecule has 0 radical (unpaired) electrons. The van der Waals surface area contributed by atoms with Crippen molar-refractivity contribution in [1.29, 1.82) is 0 Å². The van der Waals surface area contributed by atoms with Crippen LogP contribution in [0.2, 0.25) is 5.02 Å². The van der Waals surface area contributed by atoms with Gasteiger partial charge in [0.25, 0.3) is 0 Å². The minimum atomic E-state index is 0.786. The molecule has 1 saturated heterocycles. The van der Waals surface area contributed by atoms with E-state index in [9.17, 15) is 0 Å². The summed E-state index contributed by atoms with van der Waals surface area (Å²) >= 11 is 6.70. The Morgan fingerprint density at radius 2 is 1.83 bits per heavy atom. The summed E-state index contributed by atoms with van der Waals surface area (Å²) in [4.78, 5) is 6.79. The van der Waals surface area contributed by atoms with E-state index in [0.717, 1.165) is 35.0 Å². The number of nitrogens with zero attached hydrogens (tertiary/aromatic N) is 2. The molecule has 1 aliphatic rings. The van der Waals surface area contributed by atoms with Gasteiger partial charge in [-0.05, 0) is 87.5 Å². The molecule has 1 N–H and O–H groups in total. The number of hydrogen-bond donors (Lipinski definition) is 1. The van der Waals surface area contributed by atoms with Crippen LogP contribution in [0, 0.1) is 0 Å².